The minimum absolute atomic E-state index is 0.00995. The van der Waals surface area contributed by atoms with Crippen molar-refractivity contribution in [2.24, 2.45) is 5.73 Å². The monoisotopic (exact) mass is 243 g/mol. The number of benzene rings is 1. The maximum atomic E-state index is 13.4. The Hall–Kier alpha value is -0.410. The Labute approximate surface area is 85.3 Å². The van der Waals surface area contributed by atoms with E-state index in [1.54, 1.807) is 0 Å². The highest BCUT2D eigenvalue weighted by atomic mass is 79.9. The summed E-state index contributed by atoms with van der Waals surface area (Å²) in [6.45, 7) is 0. The van der Waals surface area contributed by atoms with E-state index in [4.69, 9.17) is 5.73 Å². The van der Waals surface area contributed by atoms with Crippen LogP contribution in [0, 0.1) is 5.82 Å². The van der Waals surface area contributed by atoms with Crippen molar-refractivity contribution in [3.8, 4) is 0 Å². The van der Waals surface area contributed by atoms with Gasteiger partial charge in [0.05, 0.1) is 0 Å². The number of nitrogens with two attached hydrogens (primary N) is 1. The first-order valence-corrected chi connectivity index (χ1v) is 5.21. The summed E-state index contributed by atoms with van der Waals surface area (Å²) in [5, 5.41) is 0. The summed E-state index contributed by atoms with van der Waals surface area (Å²) in [4.78, 5) is 0. The second-order valence-corrected chi connectivity index (χ2v) is 4.37. The van der Waals surface area contributed by atoms with Gasteiger partial charge in [-0.25, -0.2) is 4.39 Å². The summed E-state index contributed by atoms with van der Waals surface area (Å²) in [5.74, 6) is -0.125. The zero-order valence-corrected chi connectivity index (χ0v) is 8.77. The highest BCUT2D eigenvalue weighted by Crippen LogP contribution is 2.32. The van der Waals surface area contributed by atoms with Gasteiger partial charge in [0.15, 0.2) is 0 Å². The molecule has 0 saturated heterocycles. The van der Waals surface area contributed by atoms with Crippen LogP contribution in [0.3, 0.4) is 0 Å². The third-order valence-electron chi connectivity index (χ3n) is 2.54. The van der Waals surface area contributed by atoms with E-state index in [9.17, 15) is 4.39 Å². The summed E-state index contributed by atoms with van der Waals surface area (Å²) < 4.78 is 14.2. The molecule has 0 unspecified atom stereocenters. The molecule has 2 rings (SSSR count). The molecule has 0 heterocycles. The lowest BCUT2D eigenvalue weighted by atomic mass is 9.88. The van der Waals surface area contributed by atoms with Crippen LogP contribution in [0.1, 0.15) is 30.0 Å². The van der Waals surface area contributed by atoms with Crippen LogP contribution in [-0.2, 0) is 6.42 Å². The van der Waals surface area contributed by atoms with Gasteiger partial charge in [-0.1, -0.05) is 15.9 Å². The Morgan fingerprint density at radius 3 is 3.00 bits per heavy atom. The lowest BCUT2D eigenvalue weighted by molar-refractivity contribution is 0.531. The Balaban J connectivity index is 2.56. The van der Waals surface area contributed by atoms with Crippen LogP contribution in [0.2, 0.25) is 0 Å². The predicted molar refractivity (Wildman–Crippen MR) is 54.0 cm³/mol. The van der Waals surface area contributed by atoms with E-state index < -0.39 is 0 Å². The van der Waals surface area contributed by atoms with Crippen molar-refractivity contribution in [2.45, 2.75) is 25.3 Å². The number of fused-ring (bicyclic) bond motifs is 1. The van der Waals surface area contributed by atoms with E-state index in [1.165, 1.54) is 6.07 Å². The fourth-order valence-corrected chi connectivity index (χ4v) is 2.32. The second kappa shape index (κ2) is 3.39. The molecule has 1 aliphatic rings. The largest absolute Gasteiger partial charge is 0.324 e. The third kappa shape index (κ3) is 1.63. The number of rotatable bonds is 0. The van der Waals surface area contributed by atoms with Crippen LogP contribution in [0.5, 0.6) is 0 Å². The van der Waals surface area contributed by atoms with E-state index in [-0.39, 0.29) is 11.9 Å². The van der Waals surface area contributed by atoms with Gasteiger partial charge >= 0.3 is 0 Å². The molecule has 3 heteroatoms. The van der Waals surface area contributed by atoms with Crippen molar-refractivity contribution in [1.82, 2.24) is 0 Å². The molecule has 13 heavy (non-hydrogen) atoms. The predicted octanol–water partition coefficient (Wildman–Crippen LogP) is 2.92. The van der Waals surface area contributed by atoms with Gasteiger partial charge in [-0.2, -0.15) is 0 Å². The molecule has 2 N–H and O–H groups in total. The average molecular weight is 244 g/mol. The van der Waals surface area contributed by atoms with E-state index in [0.29, 0.717) is 0 Å². The Kier molecular flexibility index (Phi) is 2.39. The quantitative estimate of drug-likeness (QED) is 0.746. The van der Waals surface area contributed by atoms with E-state index >= 15 is 0 Å². The lowest BCUT2D eigenvalue weighted by Gasteiger charge is -2.22. The van der Waals surface area contributed by atoms with Crippen LogP contribution in [-0.4, -0.2) is 0 Å². The van der Waals surface area contributed by atoms with Gasteiger partial charge in [0.25, 0.3) is 0 Å². The van der Waals surface area contributed by atoms with E-state index in [0.717, 1.165) is 34.9 Å². The van der Waals surface area contributed by atoms with Crippen molar-refractivity contribution in [2.75, 3.05) is 0 Å². The Bertz CT molecular complexity index is 338. The number of hydrogen-bond donors (Lipinski definition) is 1. The molecule has 70 valence electrons. The first-order valence-electron chi connectivity index (χ1n) is 4.42. The summed E-state index contributed by atoms with van der Waals surface area (Å²) >= 11 is 3.27. The minimum Gasteiger partial charge on any atom is -0.324 e. The van der Waals surface area contributed by atoms with Crippen molar-refractivity contribution in [1.29, 1.82) is 0 Å². The van der Waals surface area contributed by atoms with Crippen LogP contribution in [0.15, 0.2) is 16.6 Å². The molecule has 0 amide bonds. The number of hydrogen-bond acceptors (Lipinski definition) is 1. The smallest absolute Gasteiger partial charge is 0.127 e. The molecule has 1 aliphatic carbocycles. The first kappa shape index (κ1) is 9.16. The van der Waals surface area contributed by atoms with Gasteiger partial charge in [-0.05, 0) is 42.5 Å². The van der Waals surface area contributed by atoms with Gasteiger partial charge < -0.3 is 5.73 Å². The highest BCUT2D eigenvalue weighted by molar-refractivity contribution is 9.10. The second-order valence-electron chi connectivity index (χ2n) is 3.45. The fourth-order valence-electron chi connectivity index (χ4n) is 1.87. The van der Waals surface area contributed by atoms with Crippen LogP contribution >= 0.6 is 15.9 Å². The van der Waals surface area contributed by atoms with Crippen molar-refractivity contribution < 1.29 is 4.39 Å². The van der Waals surface area contributed by atoms with Gasteiger partial charge in [-0.3, -0.25) is 0 Å². The summed E-state index contributed by atoms with van der Waals surface area (Å²) in [7, 11) is 0. The van der Waals surface area contributed by atoms with Crippen LogP contribution < -0.4 is 5.73 Å². The van der Waals surface area contributed by atoms with Crippen molar-refractivity contribution in [3.63, 3.8) is 0 Å². The zero-order valence-electron chi connectivity index (χ0n) is 7.19. The maximum absolute atomic E-state index is 13.4. The molecule has 1 nitrogen and oxygen atoms in total. The first-order chi connectivity index (χ1) is 6.18. The standard InChI is InChI=1S/C10H11BrFN/c11-6-4-8-7(9(12)5-6)2-1-3-10(8)13/h4-5,10H,1-3,13H2/t10-/m1/s1. The lowest BCUT2D eigenvalue weighted by Crippen LogP contribution is -2.18. The minimum atomic E-state index is -0.125. The normalized spacial score (nSPS) is 21.3. The molecule has 0 radical (unpaired) electrons. The van der Waals surface area contributed by atoms with Gasteiger partial charge in [-0.15, -0.1) is 0 Å². The van der Waals surface area contributed by atoms with Gasteiger partial charge in [0.2, 0.25) is 0 Å². The molecule has 1 aromatic carbocycles. The summed E-state index contributed by atoms with van der Waals surface area (Å²) in [6.07, 6.45) is 2.78. The molecule has 0 spiro atoms. The third-order valence-corrected chi connectivity index (χ3v) is 2.99. The van der Waals surface area contributed by atoms with Gasteiger partial charge in [0, 0.05) is 10.5 Å². The molecule has 0 fully saturated rings. The molecule has 0 aromatic heterocycles. The molecule has 1 atom stereocenters. The fraction of sp³-hybridized carbons (Fsp3) is 0.400. The topological polar surface area (TPSA) is 26.0 Å². The SMILES string of the molecule is N[C@@H]1CCCc2c(F)cc(Br)cc21. The molecule has 1 aromatic rings. The van der Waals surface area contributed by atoms with Crippen LogP contribution in [0.25, 0.3) is 0 Å². The Morgan fingerprint density at radius 1 is 1.46 bits per heavy atom. The van der Waals surface area contributed by atoms with Gasteiger partial charge in [0.1, 0.15) is 5.82 Å². The number of halogens is 2. The van der Waals surface area contributed by atoms with Crippen LogP contribution in [0.4, 0.5) is 4.39 Å². The van der Waals surface area contributed by atoms with Crippen molar-refractivity contribution in [3.05, 3.63) is 33.5 Å². The highest BCUT2D eigenvalue weighted by Gasteiger charge is 2.20. The van der Waals surface area contributed by atoms with E-state index in [1.807, 2.05) is 6.07 Å². The summed E-state index contributed by atoms with van der Waals surface area (Å²) in [5.41, 5.74) is 7.67. The average Bonchev–Trinajstić information content (AvgIpc) is 2.07. The molecule has 0 saturated carbocycles. The van der Waals surface area contributed by atoms with Crippen molar-refractivity contribution >= 4 is 15.9 Å². The maximum Gasteiger partial charge on any atom is 0.127 e. The molecular weight excluding hydrogens is 233 g/mol. The molecule has 0 aliphatic heterocycles. The van der Waals surface area contributed by atoms with E-state index in [2.05, 4.69) is 15.9 Å². The zero-order chi connectivity index (χ0) is 9.42. The molecular formula is C10H11BrFN. The Morgan fingerprint density at radius 2 is 2.23 bits per heavy atom. The molecule has 0 bridgehead atoms. The summed E-state index contributed by atoms with van der Waals surface area (Å²) in [6, 6.07) is 3.45.